The summed E-state index contributed by atoms with van der Waals surface area (Å²) in [5.41, 5.74) is 2.17. The molecule has 1 aromatic carbocycles. The summed E-state index contributed by atoms with van der Waals surface area (Å²) in [6.07, 6.45) is 1.66. The molecule has 3 rings (SSSR count). The first-order valence-corrected chi connectivity index (χ1v) is 7.81. The van der Waals surface area contributed by atoms with E-state index in [1.54, 1.807) is 13.2 Å². The van der Waals surface area contributed by atoms with Gasteiger partial charge in [0.15, 0.2) is 5.65 Å². The molecule has 2 aromatic heterocycles. The standard InChI is InChI=1S/C17H17ClN4O2/c1-10-8-20-15-13(16(23)22(3)17(24)21(15)2)14(10)19-9-11-4-6-12(18)7-5-11/h4-8H,9H2,1-3H3,(H,19,20). The normalized spacial score (nSPS) is 11.0. The predicted molar refractivity (Wildman–Crippen MR) is 95.7 cm³/mol. The van der Waals surface area contributed by atoms with Crippen molar-refractivity contribution in [1.82, 2.24) is 14.1 Å². The Kier molecular flexibility index (Phi) is 4.15. The lowest BCUT2D eigenvalue weighted by Crippen LogP contribution is -2.37. The van der Waals surface area contributed by atoms with E-state index < -0.39 is 5.69 Å². The summed E-state index contributed by atoms with van der Waals surface area (Å²) >= 11 is 5.90. The molecule has 124 valence electrons. The van der Waals surface area contributed by atoms with Gasteiger partial charge in [0, 0.05) is 31.9 Å². The molecule has 0 atom stereocenters. The van der Waals surface area contributed by atoms with Crippen LogP contribution in [0.5, 0.6) is 0 Å². The number of rotatable bonds is 3. The molecule has 0 aliphatic rings. The van der Waals surface area contributed by atoms with E-state index in [0.717, 1.165) is 15.7 Å². The third kappa shape index (κ3) is 2.69. The summed E-state index contributed by atoms with van der Waals surface area (Å²) in [5, 5.41) is 4.38. The molecule has 0 unspecified atom stereocenters. The van der Waals surface area contributed by atoms with Crippen molar-refractivity contribution in [2.24, 2.45) is 14.1 Å². The van der Waals surface area contributed by atoms with E-state index in [1.807, 2.05) is 31.2 Å². The van der Waals surface area contributed by atoms with Crippen LogP contribution >= 0.6 is 11.6 Å². The molecule has 7 heteroatoms. The first kappa shape index (κ1) is 16.3. The van der Waals surface area contributed by atoms with Gasteiger partial charge in [-0.2, -0.15) is 0 Å². The van der Waals surface area contributed by atoms with E-state index in [1.165, 1.54) is 11.6 Å². The fourth-order valence-corrected chi connectivity index (χ4v) is 2.77. The zero-order valence-electron chi connectivity index (χ0n) is 13.6. The molecule has 0 radical (unpaired) electrons. The zero-order chi connectivity index (χ0) is 17.4. The lowest BCUT2D eigenvalue weighted by molar-refractivity contribution is 0.707. The Morgan fingerprint density at radius 2 is 1.79 bits per heavy atom. The SMILES string of the molecule is Cc1cnc2c(c1NCc1ccc(Cl)cc1)c(=O)n(C)c(=O)n2C. The van der Waals surface area contributed by atoms with Gasteiger partial charge in [0.05, 0.1) is 5.69 Å². The van der Waals surface area contributed by atoms with Crippen molar-refractivity contribution in [3.63, 3.8) is 0 Å². The molecule has 0 fully saturated rings. The van der Waals surface area contributed by atoms with Crippen LogP contribution in [-0.2, 0) is 20.6 Å². The highest BCUT2D eigenvalue weighted by atomic mass is 35.5. The Balaban J connectivity index is 2.13. The van der Waals surface area contributed by atoms with E-state index in [4.69, 9.17) is 11.6 Å². The van der Waals surface area contributed by atoms with Gasteiger partial charge in [0.1, 0.15) is 5.39 Å². The van der Waals surface area contributed by atoms with Crippen molar-refractivity contribution < 1.29 is 0 Å². The van der Waals surface area contributed by atoms with Crippen LogP contribution in [0.2, 0.25) is 5.02 Å². The average Bonchev–Trinajstić information content (AvgIpc) is 2.58. The van der Waals surface area contributed by atoms with Crippen LogP contribution in [0.4, 0.5) is 5.69 Å². The second-order valence-electron chi connectivity index (χ2n) is 5.70. The molecule has 2 heterocycles. The van der Waals surface area contributed by atoms with Gasteiger partial charge in [-0.3, -0.25) is 13.9 Å². The van der Waals surface area contributed by atoms with Gasteiger partial charge in [-0.05, 0) is 30.2 Å². The molecular formula is C17H17ClN4O2. The molecule has 0 amide bonds. The zero-order valence-corrected chi connectivity index (χ0v) is 14.4. The fourth-order valence-electron chi connectivity index (χ4n) is 2.64. The van der Waals surface area contributed by atoms with Crippen molar-refractivity contribution in [3.05, 3.63) is 67.4 Å². The number of halogens is 1. The van der Waals surface area contributed by atoms with Gasteiger partial charge in [-0.25, -0.2) is 9.78 Å². The number of hydrogen-bond donors (Lipinski definition) is 1. The number of fused-ring (bicyclic) bond motifs is 1. The van der Waals surface area contributed by atoms with Crippen LogP contribution in [-0.4, -0.2) is 14.1 Å². The summed E-state index contributed by atoms with van der Waals surface area (Å²) in [6, 6.07) is 7.47. The molecule has 1 N–H and O–H groups in total. The molecule has 24 heavy (non-hydrogen) atoms. The van der Waals surface area contributed by atoms with Crippen molar-refractivity contribution in [2.45, 2.75) is 13.5 Å². The summed E-state index contributed by atoms with van der Waals surface area (Å²) in [6.45, 7) is 2.41. The maximum absolute atomic E-state index is 12.6. The summed E-state index contributed by atoms with van der Waals surface area (Å²) in [4.78, 5) is 28.9. The molecule has 6 nitrogen and oxygen atoms in total. The highest BCUT2D eigenvalue weighted by Crippen LogP contribution is 2.22. The Labute approximate surface area is 143 Å². The minimum Gasteiger partial charge on any atom is -0.380 e. The molecule has 3 aromatic rings. The lowest BCUT2D eigenvalue weighted by Gasteiger charge is -2.14. The second-order valence-corrected chi connectivity index (χ2v) is 6.14. The van der Waals surface area contributed by atoms with E-state index in [-0.39, 0.29) is 5.56 Å². The Bertz CT molecular complexity index is 1040. The van der Waals surface area contributed by atoms with Crippen LogP contribution in [0.1, 0.15) is 11.1 Å². The third-order valence-electron chi connectivity index (χ3n) is 4.04. The first-order chi connectivity index (χ1) is 11.4. The van der Waals surface area contributed by atoms with E-state index in [9.17, 15) is 9.59 Å². The van der Waals surface area contributed by atoms with E-state index >= 15 is 0 Å². The molecule has 0 aliphatic carbocycles. The van der Waals surface area contributed by atoms with Crippen molar-refractivity contribution in [3.8, 4) is 0 Å². The lowest BCUT2D eigenvalue weighted by atomic mass is 10.1. The number of aryl methyl sites for hydroxylation is 2. The van der Waals surface area contributed by atoms with Gasteiger partial charge in [-0.1, -0.05) is 23.7 Å². The van der Waals surface area contributed by atoms with E-state index in [2.05, 4.69) is 10.3 Å². The third-order valence-corrected chi connectivity index (χ3v) is 4.29. The van der Waals surface area contributed by atoms with Crippen LogP contribution in [0, 0.1) is 6.92 Å². The summed E-state index contributed by atoms with van der Waals surface area (Å²) in [7, 11) is 3.07. The topological polar surface area (TPSA) is 68.9 Å². The monoisotopic (exact) mass is 344 g/mol. The van der Waals surface area contributed by atoms with Crippen molar-refractivity contribution in [1.29, 1.82) is 0 Å². The number of aromatic nitrogens is 3. The molecule has 0 spiro atoms. The number of benzene rings is 1. The Morgan fingerprint density at radius 1 is 1.12 bits per heavy atom. The quantitative estimate of drug-likeness (QED) is 0.791. The summed E-state index contributed by atoms with van der Waals surface area (Å²) < 4.78 is 2.47. The molecule has 0 bridgehead atoms. The number of hydrogen-bond acceptors (Lipinski definition) is 4. The van der Waals surface area contributed by atoms with Gasteiger partial charge in [0.25, 0.3) is 5.56 Å². The van der Waals surface area contributed by atoms with Gasteiger partial charge in [-0.15, -0.1) is 0 Å². The number of nitrogens with one attached hydrogen (secondary N) is 1. The summed E-state index contributed by atoms with van der Waals surface area (Å²) in [5.74, 6) is 0. The van der Waals surface area contributed by atoms with Gasteiger partial charge < -0.3 is 5.32 Å². The Morgan fingerprint density at radius 3 is 2.46 bits per heavy atom. The van der Waals surface area contributed by atoms with Gasteiger partial charge >= 0.3 is 5.69 Å². The smallest absolute Gasteiger partial charge is 0.332 e. The Hall–Kier alpha value is -2.60. The number of pyridine rings is 1. The van der Waals surface area contributed by atoms with Gasteiger partial charge in [0.2, 0.25) is 0 Å². The number of nitrogens with zero attached hydrogens (tertiary/aromatic N) is 3. The van der Waals surface area contributed by atoms with E-state index in [0.29, 0.717) is 28.3 Å². The minimum absolute atomic E-state index is 0.358. The largest absolute Gasteiger partial charge is 0.380 e. The minimum atomic E-state index is -0.396. The first-order valence-electron chi connectivity index (χ1n) is 7.44. The van der Waals surface area contributed by atoms with Crippen molar-refractivity contribution >= 4 is 28.3 Å². The molecule has 0 aliphatic heterocycles. The fraction of sp³-hybridized carbons (Fsp3) is 0.235. The van der Waals surface area contributed by atoms with Crippen molar-refractivity contribution in [2.75, 3.05) is 5.32 Å². The second kappa shape index (κ2) is 6.13. The highest BCUT2D eigenvalue weighted by molar-refractivity contribution is 6.30. The van der Waals surface area contributed by atoms with Crippen LogP contribution < -0.4 is 16.6 Å². The predicted octanol–water partition coefficient (Wildman–Crippen LogP) is 2.21. The van der Waals surface area contributed by atoms with Crippen LogP contribution in [0.15, 0.2) is 40.1 Å². The maximum Gasteiger partial charge on any atom is 0.332 e. The maximum atomic E-state index is 12.6. The van der Waals surface area contributed by atoms with Crippen LogP contribution in [0.25, 0.3) is 11.0 Å². The molecular weight excluding hydrogens is 328 g/mol. The average molecular weight is 345 g/mol. The molecule has 0 saturated heterocycles. The van der Waals surface area contributed by atoms with Crippen LogP contribution in [0.3, 0.4) is 0 Å². The highest BCUT2D eigenvalue weighted by Gasteiger charge is 2.15. The number of anilines is 1. The molecule has 0 saturated carbocycles.